The number of Topliss-reactive ketones (excluding diaryl/α,β-unsaturated/α-hetero) is 1. The van der Waals surface area contributed by atoms with Gasteiger partial charge in [-0.25, -0.2) is 4.31 Å². The van der Waals surface area contributed by atoms with Gasteiger partial charge in [0.25, 0.3) is 0 Å². The van der Waals surface area contributed by atoms with Crippen LogP contribution in [0.3, 0.4) is 0 Å². The summed E-state index contributed by atoms with van der Waals surface area (Å²) in [6, 6.07) is 0. The number of hydrogen-bond donors (Lipinski definition) is 0. The van der Waals surface area contributed by atoms with Crippen molar-refractivity contribution in [3.63, 3.8) is 0 Å². The molecule has 1 aliphatic heterocycles. The molecule has 0 aliphatic carbocycles. The Balaban J connectivity index is 2.25. The van der Waals surface area contributed by atoms with Crippen LogP contribution in [0.15, 0.2) is 0 Å². The quantitative estimate of drug-likeness (QED) is 0.520. The summed E-state index contributed by atoms with van der Waals surface area (Å²) in [5.74, 6) is 0.701. The fourth-order valence-electron chi connectivity index (χ4n) is 1.44. The third-order valence-corrected chi connectivity index (χ3v) is 4.01. The Hall–Kier alpha value is 0.330. The van der Waals surface area contributed by atoms with Crippen LogP contribution in [0, 0.1) is 5.92 Å². The molecule has 70 valence electrons. The molecule has 0 atom stereocenters. The SMILES string of the molecule is CSSN1CCC(C(C)=O)CC1. The lowest BCUT2D eigenvalue weighted by Crippen LogP contribution is -2.30. The Kier molecular flexibility index (Phi) is 4.46. The highest BCUT2D eigenvalue weighted by Crippen LogP contribution is 2.28. The Morgan fingerprint density at radius 2 is 2.00 bits per heavy atom. The van der Waals surface area contributed by atoms with Crippen LogP contribution >= 0.6 is 21.8 Å². The lowest BCUT2D eigenvalue weighted by molar-refractivity contribution is -0.121. The van der Waals surface area contributed by atoms with Crippen molar-refractivity contribution in [3.8, 4) is 0 Å². The van der Waals surface area contributed by atoms with Crippen molar-refractivity contribution >= 4 is 27.6 Å². The molecule has 2 nitrogen and oxygen atoms in total. The van der Waals surface area contributed by atoms with Gasteiger partial charge in [0.05, 0.1) is 0 Å². The first-order chi connectivity index (χ1) is 5.74. The topological polar surface area (TPSA) is 20.3 Å². The van der Waals surface area contributed by atoms with Crippen LogP contribution in [0.1, 0.15) is 19.8 Å². The standard InChI is InChI=1S/C8H15NOS2/c1-7(10)8-3-5-9(6-4-8)12-11-2/h8H,3-6H2,1-2H3. The first kappa shape index (κ1) is 10.4. The first-order valence-corrected chi connectivity index (χ1v) is 6.71. The van der Waals surface area contributed by atoms with Crippen LogP contribution in [0.25, 0.3) is 0 Å². The number of hydrogen-bond acceptors (Lipinski definition) is 4. The maximum Gasteiger partial charge on any atom is 0.133 e. The minimum Gasteiger partial charge on any atom is -0.300 e. The number of piperidine rings is 1. The summed E-state index contributed by atoms with van der Waals surface area (Å²) in [4.78, 5) is 11.0. The molecule has 1 saturated heterocycles. The molecule has 4 heteroatoms. The largest absolute Gasteiger partial charge is 0.300 e. The van der Waals surface area contributed by atoms with Gasteiger partial charge in [0.2, 0.25) is 0 Å². The van der Waals surface area contributed by atoms with Gasteiger partial charge in [0.1, 0.15) is 5.78 Å². The average Bonchev–Trinajstić information content (AvgIpc) is 2.06. The van der Waals surface area contributed by atoms with Gasteiger partial charge in [-0.3, -0.25) is 4.79 Å². The van der Waals surface area contributed by atoms with Gasteiger partial charge in [0, 0.05) is 19.0 Å². The summed E-state index contributed by atoms with van der Waals surface area (Å²) in [6.07, 6.45) is 4.17. The summed E-state index contributed by atoms with van der Waals surface area (Å²) >= 11 is 0. The van der Waals surface area contributed by atoms with Crippen molar-refractivity contribution < 1.29 is 4.79 Å². The molecule has 0 aromatic heterocycles. The van der Waals surface area contributed by atoms with Crippen molar-refractivity contribution in [1.29, 1.82) is 0 Å². The molecule has 0 bridgehead atoms. The van der Waals surface area contributed by atoms with E-state index in [1.165, 1.54) is 0 Å². The van der Waals surface area contributed by atoms with Gasteiger partial charge in [0.15, 0.2) is 0 Å². The Labute approximate surface area is 82.0 Å². The van der Waals surface area contributed by atoms with Crippen LogP contribution in [-0.4, -0.2) is 29.4 Å². The molecular weight excluding hydrogens is 190 g/mol. The fraction of sp³-hybridized carbons (Fsp3) is 0.875. The zero-order chi connectivity index (χ0) is 8.97. The summed E-state index contributed by atoms with van der Waals surface area (Å²) < 4.78 is 2.34. The molecule has 0 aromatic carbocycles. The molecule has 1 rings (SSSR count). The van der Waals surface area contributed by atoms with E-state index >= 15 is 0 Å². The van der Waals surface area contributed by atoms with Gasteiger partial charge in [-0.1, -0.05) is 10.8 Å². The highest BCUT2D eigenvalue weighted by atomic mass is 33.1. The second-order valence-electron chi connectivity index (χ2n) is 3.06. The van der Waals surface area contributed by atoms with E-state index in [1.54, 1.807) is 28.7 Å². The van der Waals surface area contributed by atoms with E-state index in [-0.39, 0.29) is 0 Å². The molecule has 0 spiro atoms. The van der Waals surface area contributed by atoms with Gasteiger partial charge in [-0.15, -0.1) is 0 Å². The van der Waals surface area contributed by atoms with Crippen LogP contribution in [0.4, 0.5) is 0 Å². The number of carbonyl (C=O) groups excluding carboxylic acids is 1. The molecule has 0 radical (unpaired) electrons. The van der Waals surface area contributed by atoms with Crippen LogP contribution in [0.5, 0.6) is 0 Å². The summed E-state index contributed by atoms with van der Waals surface area (Å²) in [5.41, 5.74) is 0. The minimum atomic E-state index is 0.337. The zero-order valence-electron chi connectivity index (χ0n) is 7.58. The molecule has 1 fully saturated rings. The number of nitrogens with zero attached hydrogens (tertiary/aromatic N) is 1. The normalized spacial score (nSPS) is 21.2. The summed E-state index contributed by atoms with van der Waals surface area (Å²) in [5, 5.41) is 0. The Morgan fingerprint density at radius 3 is 2.42 bits per heavy atom. The van der Waals surface area contributed by atoms with Crippen molar-refractivity contribution in [3.05, 3.63) is 0 Å². The van der Waals surface area contributed by atoms with E-state index < -0.39 is 0 Å². The number of rotatable bonds is 3. The van der Waals surface area contributed by atoms with Gasteiger partial charge < -0.3 is 0 Å². The molecule has 0 unspecified atom stereocenters. The maximum absolute atomic E-state index is 11.0. The smallest absolute Gasteiger partial charge is 0.133 e. The number of carbonyl (C=O) groups is 1. The highest BCUT2D eigenvalue weighted by Gasteiger charge is 2.22. The van der Waals surface area contributed by atoms with E-state index in [4.69, 9.17) is 0 Å². The predicted molar refractivity (Wildman–Crippen MR) is 56.1 cm³/mol. The molecule has 0 aromatic rings. The minimum absolute atomic E-state index is 0.337. The first-order valence-electron chi connectivity index (χ1n) is 4.20. The lowest BCUT2D eigenvalue weighted by atomic mass is 9.95. The molecule has 12 heavy (non-hydrogen) atoms. The second kappa shape index (κ2) is 5.14. The fourth-order valence-corrected chi connectivity index (χ4v) is 3.09. The van der Waals surface area contributed by atoms with Crippen molar-refractivity contribution in [2.24, 2.45) is 5.92 Å². The molecule has 0 saturated carbocycles. The number of ketones is 1. The Morgan fingerprint density at radius 1 is 1.42 bits per heavy atom. The molecule has 0 N–H and O–H groups in total. The van der Waals surface area contributed by atoms with Gasteiger partial charge in [-0.05, 0) is 37.0 Å². The molecule has 1 heterocycles. The maximum atomic E-state index is 11.0. The van der Waals surface area contributed by atoms with E-state index in [2.05, 4.69) is 10.6 Å². The second-order valence-corrected chi connectivity index (χ2v) is 5.50. The zero-order valence-corrected chi connectivity index (χ0v) is 9.21. The third-order valence-electron chi connectivity index (χ3n) is 2.21. The van der Waals surface area contributed by atoms with E-state index in [0.717, 1.165) is 25.9 Å². The average molecular weight is 205 g/mol. The lowest BCUT2D eigenvalue weighted by Gasteiger charge is -2.28. The van der Waals surface area contributed by atoms with Crippen molar-refractivity contribution in [2.45, 2.75) is 19.8 Å². The van der Waals surface area contributed by atoms with Gasteiger partial charge >= 0.3 is 0 Å². The van der Waals surface area contributed by atoms with E-state index in [9.17, 15) is 4.79 Å². The molecule has 1 aliphatic rings. The monoisotopic (exact) mass is 205 g/mol. The van der Waals surface area contributed by atoms with Crippen molar-refractivity contribution in [2.75, 3.05) is 19.3 Å². The predicted octanol–water partition coefficient (Wildman–Crippen LogP) is 2.21. The highest BCUT2D eigenvalue weighted by molar-refractivity contribution is 8.75. The molecule has 0 amide bonds. The molecular formula is C8H15NOS2. The summed E-state index contributed by atoms with van der Waals surface area (Å²) in [7, 11) is 3.58. The van der Waals surface area contributed by atoms with E-state index in [1.807, 2.05) is 0 Å². The van der Waals surface area contributed by atoms with E-state index in [0.29, 0.717) is 11.7 Å². The summed E-state index contributed by atoms with van der Waals surface area (Å²) in [6.45, 7) is 3.84. The van der Waals surface area contributed by atoms with Crippen molar-refractivity contribution in [1.82, 2.24) is 4.31 Å². The van der Waals surface area contributed by atoms with Crippen LogP contribution < -0.4 is 0 Å². The van der Waals surface area contributed by atoms with Gasteiger partial charge in [-0.2, -0.15) is 0 Å². The van der Waals surface area contributed by atoms with Crippen LogP contribution in [-0.2, 0) is 4.79 Å². The Bertz CT molecular complexity index is 155. The third kappa shape index (κ3) is 2.99. The van der Waals surface area contributed by atoms with Crippen LogP contribution in [0.2, 0.25) is 0 Å².